The molecule has 2 rings (SSSR count). The van der Waals surface area contributed by atoms with Crippen molar-refractivity contribution < 1.29 is 0 Å². The minimum Gasteiger partial charge on any atom is -0.334 e. The highest BCUT2D eigenvalue weighted by atomic mass is 15.2. The lowest BCUT2D eigenvalue weighted by molar-refractivity contribution is 0.203. The molecule has 0 saturated heterocycles. The van der Waals surface area contributed by atoms with Gasteiger partial charge in [-0.3, -0.25) is 4.90 Å². The van der Waals surface area contributed by atoms with Crippen molar-refractivity contribution in [1.82, 2.24) is 14.5 Å². The Bertz CT molecular complexity index is 604. The van der Waals surface area contributed by atoms with Crippen molar-refractivity contribution in [3.63, 3.8) is 0 Å². The Morgan fingerprint density at radius 3 is 2.83 bits per heavy atom. The molecule has 0 aliphatic rings. The highest BCUT2D eigenvalue weighted by Gasteiger charge is 2.22. The zero-order valence-electron chi connectivity index (χ0n) is 11.3. The lowest BCUT2D eigenvalue weighted by Gasteiger charge is -2.28. The van der Waals surface area contributed by atoms with Crippen molar-refractivity contribution >= 4 is 11.0 Å². The number of aryl methyl sites for hydroxylation is 1. The van der Waals surface area contributed by atoms with Gasteiger partial charge in [0.05, 0.1) is 23.4 Å². The first-order valence-electron chi connectivity index (χ1n) is 5.96. The molecule has 4 heteroatoms. The summed E-state index contributed by atoms with van der Waals surface area (Å²) in [6.07, 6.45) is 1.82. The van der Waals surface area contributed by atoms with Gasteiger partial charge in [-0.25, -0.2) is 4.98 Å². The van der Waals surface area contributed by atoms with Gasteiger partial charge in [0.15, 0.2) is 0 Å². The van der Waals surface area contributed by atoms with Crippen LogP contribution in [-0.2, 0) is 13.6 Å². The molecule has 0 bridgehead atoms. The summed E-state index contributed by atoms with van der Waals surface area (Å²) < 4.78 is 2.00. The molecule has 1 aromatic heterocycles. The van der Waals surface area contributed by atoms with Gasteiger partial charge in [-0.2, -0.15) is 5.26 Å². The maximum absolute atomic E-state index is 9.11. The van der Waals surface area contributed by atoms with Crippen LogP contribution in [0.4, 0.5) is 0 Å². The maximum atomic E-state index is 9.11. The molecule has 1 heterocycles. The Hall–Kier alpha value is -1.86. The third kappa shape index (κ3) is 2.22. The number of benzene rings is 1. The van der Waals surface area contributed by atoms with Crippen molar-refractivity contribution in [2.75, 3.05) is 7.05 Å². The summed E-state index contributed by atoms with van der Waals surface area (Å²) in [6, 6.07) is 8.56. The molecule has 2 aromatic rings. The molecule has 0 aliphatic carbocycles. The average Bonchev–Trinajstić information content (AvgIpc) is 2.70. The van der Waals surface area contributed by atoms with E-state index in [1.807, 2.05) is 43.7 Å². The third-order valence-corrected chi connectivity index (χ3v) is 3.44. The van der Waals surface area contributed by atoms with Crippen LogP contribution >= 0.6 is 0 Å². The second kappa shape index (κ2) is 4.43. The van der Waals surface area contributed by atoms with Gasteiger partial charge in [-0.15, -0.1) is 0 Å². The fraction of sp³-hybridized carbons (Fsp3) is 0.429. The summed E-state index contributed by atoms with van der Waals surface area (Å²) in [5, 5.41) is 9.11. The van der Waals surface area contributed by atoms with Crippen LogP contribution in [0, 0.1) is 11.3 Å². The van der Waals surface area contributed by atoms with Gasteiger partial charge < -0.3 is 4.57 Å². The first-order valence-corrected chi connectivity index (χ1v) is 5.96. The van der Waals surface area contributed by atoms with Crippen LogP contribution in [0.25, 0.3) is 11.0 Å². The standard InChI is InChI=1S/C14H18N4/c1-14(2,9-15)18(4)8-11-5-6-13-12(7-11)16-10-17(13)3/h5-7,10H,8H2,1-4H3. The van der Waals surface area contributed by atoms with Gasteiger partial charge >= 0.3 is 0 Å². The molecule has 0 fully saturated rings. The summed E-state index contributed by atoms with van der Waals surface area (Å²) >= 11 is 0. The fourth-order valence-corrected chi connectivity index (χ4v) is 1.84. The minimum absolute atomic E-state index is 0.459. The highest BCUT2D eigenvalue weighted by Crippen LogP contribution is 2.18. The van der Waals surface area contributed by atoms with E-state index >= 15 is 0 Å². The summed E-state index contributed by atoms with van der Waals surface area (Å²) in [5.41, 5.74) is 2.84. The minimum atomic E-state index is -0.459. The number of hydrogen-bond donors (Lipinski definition) is 0. The zero-order valence-corrected chi connectivity index (χ0v) is 11.3. The number of imidazole rings is 1. The molecule has 1 aromatic carbocycles. The molecule has 0 saturated carbocycles. The molecule has 0 aliphatic heterocycles. The zero-order chi connectivity index (χ0) is 13.3. The van der Waals surface area contributed by atoms with Crippen molar-refractivity contribution in [2.45, 2.75) is 25.9 Å². The SMILES string of the molecule is CN(Cc1ccc2c(c1)ncn2C)C(C)(C)C#N. The molecule has 0 N–H and O–H groups in total. The van der Waals surface area contributed by atoms with Crippen molar-refractivity contribution in [2.24, 2.45) is 7.05 Å². The normalized spacial score (nSPS) is 12.0. The third-order valence-electron chi connectivity index (χ3n) is 3.44. The average molecular weight is 242 g/mol. The number of rotatable bonds is 3. The number of aromatic nitrogens is 2. The van der Waals surface area contributed by atoms with E-state index in [1.54, 1.807) is 0 Å². The Kier molecular flexibility index (Phi) is 3.10. The van der Waals surface area contributed by atoms with Gasteiger partial charge in [0.2, 0.25) is 0 Å². The fourth-order valence-electron chi connectivity index (χ4n) is 1.84. The van der Waals surface area contributed by atoms with E-state index in [2.05, 4.69) is 29.3 Å². The molecule has 0 unspecified atom stereocenters. The Balaban J connectivity index is 2.25. The lowest BCUT2D eigenvalue weighted by atomic mass is 10.0. The van der Waals surface area contributed by atoms with Crippen LogP contribution in [0.3, 0.4) is 0 Å². The summed E-state index contributed by atoms with van der Waals surface area (Å²) in [6.45, 7) is 4.59. The van der Waals surface area contributed by atoms with E-state index < -0.39 is 5.54 Å². The predicted molar refractivity (Wildman–Crippen MR) is 71.9 cm³/mol. The summed E-state index contributed by atoms with van der Waals surface area (Å²) in [4.78, 5) is 6.39. The molecule has 18 heavy (non-hydrogen) atoms. The van der Waals surface area contributed by atoms with Gasteiger partial charge in [-0.1, -0.05) is 6.07 Å². The number of fused-ring (bicyclic) bond motifs is 1. The molecular formula is C14H18N4. The van der Waals surface area contributed by atoms with Crippen molar-refractivity contribution in [3.05, 3.63) is 30.1 Å². The Morgan fingerprint density at radius 2 is 2.17 bits per heavy atom. The maximum Gasteiger partial charge on any atom is 0.103 e. The van der Waals surface area contributed by atoms with Crippen LogP contribution in [-0.4, -0.2) is 27.0 Å². The van der Waals surface area contributed by atoms with Gasteiger partial charge in [-0.05, 0) is 38.6 Å². The quantitative estimate of drug-likeness (QED) is 0.829. The smallest absolute Gasteiger partial charge is 0.103 e. The van der Waals surface area contributed by atoms with Crippen molar-refractivity contribution in [1.29, 1.82) is 5.26 Å². The summed E-state index contributed by atoms with van der Waals surface area (Å²) in [7, 11) is 3.95. The van der Waals surface area contributed by atoms with Gasteiger partial charge in [0.1, 0.15) is 5.54 Å². The second-order valence-electron chi connectivity index (χ2n) is 5.21. The monoisotopic (exact) mass is 242 g/mol. The molecule has 94 valence electrons. The van der Waals surface area contributed by atoms with E-state index in [1.165, 1.54) is 5.56 Å². The lowest BCUT2D eigenvalue weighted by Crippen LogP contribution is -2.38. The van der Waals surface area contributed by atoms with E-state index in [0.29, 0.717) is 0 Å². The van der Waals surface area contributed by atoms with Crippen molar-refractivity contribution in [3.8, 4) is 6.07 Å². The largest absolute Gasteiger partial charge is 0.334 e. The Labute approximate surface area is 107 Å². The molecule has 0 spiro atoms. The van der Waals surface area contributed by atoms with E-state index in [9.17, 15) is 0 Å². The van der Waals surface area contributed by atoms with Crippen LogP contribution in [0.5, 0.6) is 0 Å². The first kappa shape index (κ1) is 12.6. The van der Waals surface area contributed by atoms with E-state index in [-0.39, 0.29) is 0 Å². The van der Waals surface area contributed by atoms with Crippen LogP contribution < -0.4 is 0 Å². The number of hydrogen-bond acceptors (Lipinski definition) is 3. The van der Waals surface area contributed by atoms with Gasteiger partial charge in [0.25, 0.3) is 0 Å². The molecule has 0 atom stereocenters. The van der Waals surface area contributed by atoms with Crippen LogP contribution in [0.1, 0.15) is 19.4 Å². The number of nitrogens with zero attached hydrogens (tertiary/aromatic N) is 4. The topological polar surface area (TPSA) is 44.9 Å². The predicted octanol–water partition coefficient (Wildman–Crippen LogP) is 2.31. The first-order chi connectivity index (χ1) is 8.44. The van der Waals surface area contributed by atoms with Crippen LogP contribution in [0.15, 0.2) is 24.5 Å². The molecule has 0 amide bonds. The number of nitriles is 1. The summed E-state index contributed by atoms with van der Waals surface area (Å²) in [5.74, 6) is 0. The Morgan fingerprint density at radius 1 is 1.44 bits per heavy atom. The molecular weight excluding hydrogens is 224 g/mol. The second-order valence-corrected chi connectivity index (χ2v) is 5.21. The molecule has 0 radical (unpaired) electrons. The molecule has 4 nitrogen and oxygen atoms in total. The van der Waals surface area contributed by atoms with Crippen LogP contribution in [0.2, 0.25) is 0 Å². The van der Waals surface area contributed by atoms with Gasteiger partial charge in [0, 0.05) is 13.6 Å². The van der Waals surface area contributed by atoms with E-state index in [4.69, 9.17) is 5.26 Å². The van der Waals surface area contributed by atoms with E-state index in [0.717, 1.165) is 17.6 Å². The highest BCUT2D eigenvalue weighted by molar-refractivity contribution is 5.75.